The second kappa shape index (κ2) is 6.02. The van der Waals surface area contributed by atoms with Gasteiger partial charge in [-0.05, 0) is 29.7 Å². The van der Waals surface area contributed by atoms with E-state index in [2.05, 4.69) is 5.32 Å². The van der Waals surface area contributed by atoms with Crippen molar-refractivity contribution in [2.24, 2.45) is 0 Å². The van der Waals surface area contributed by atoms with Gasteiger partial charge in [-0.15, -0.1) is 0 Å². The number of rotatable bonds is 4. The van der Waals surface area contributed by atoms with Crippen LogP contribution in [0.4, 0.5) is 0 Å². The summed E-state index contributed by atoms with van der Waals surface area (Å²) >= 11 is 0. The molecule has 0 saturated carbocycles. The molecule has 0 aliphatic carbocycles. The van der Waals surface area contributed by atoms with Gasteiger partial charge in [0.1, 0.15) is 5.75 Å². The molecule has 112 valence electrons. The maximum Gasteiger partial charge on any atom is 0.120 e. The summed E-state index contributed by atoms with van der Waals surface area (Å²) in [6.07, 6.45) is 1.57. The van der Waals surface area contributed by atoms with Gasteiger partial charge in [0.25, 0.3) is 0 Å². The van der Waals surface area contributed by atoms with Gasteiger partial charge in [-0.3, -0.25) is 0 Å². The Morgan fingerprint density at radius 3 is 2.62 bits per heavy atom. The van der Waals surface area contributed by atoms with Gasteiger partial charge >= 0.3 is 0 Å². The summed E-state index contributed by atoms with van der Waals surface area (Å²) in [4.78, 5) is 0. The summed E-state index contributed by atoms with van der Waals surface area (Å²) in [5.74, 6) is 0.293. The van der Waals surface area contributed by atoms with Crippen LogP contribution in [0.2, 0.25) is 0 Å². The van der Waals surface area contributed by atoms with Gasteiger partial charge in [0.05, 0.1) is 6.61 Å². The monoisotopic (exact) mass is 287 g/mol. The lowest BCUT2D eigenvalue weighted by Gasteiger charge is -2.36. The van der Waals surface area contributed by atoms with E-state index in [1.807, 2.05) is 30.3 Å². The molecule has 4 nitrogen and oxygen atoms in total. The van der Waals surface area contributed by atoms with Crippen LogP contribution in [-0.4, -0.2) is 35.6 Å². The highest BCUT2D eigenvalue weighted by Crippen LogP contribution is 2.28. The molecule has 0 radical (unpaired) electrons. The second-order valence-electron chi connectivity index (χ2n) is 5.69. The van der Waals surface area contributed by atoms with Crippen molar-refractivity contribution in [2.75, 3.05) is 19.8 Å². The Labute approximate surface area is 124 Å². The minimum Gasteiger partial charge on any atom is -0.508 e. The van der Waals surface area contributed by atoms with E-state index in [0.29, 0.717) is 25.5 Å². The molecule has 1 heterocycles. The van der Waals surface area contributed by atoms with Crippen LogP contribution < -0.4 is 5.32 Å². The number of phenols is 1. The molecule has 1 saturated heterocycles. The molecule has 2 aromatic carbocycles. The normalized spacial score (nSPS) is 18.0. The number of hydrogen-bond donors (Lipinski definition) is 3. The summed E-state index contributed by atoms with van der Waals surface area (Å²) in [6.45, 7) is 1.94. The highest BCUT2D eigenvalue weighted by Gasteiger charge is 2.31. The highest BCUT2D eigenvalue weighted by molar-refractivity contribution is 5.87. The molecular formula is C17H21NO3. The van der Waals surface area contributed by atoms with Gasteiger partial charge in [-0.25, -0.2) is 0 Å². The molecule has 3 N–H and O–H groups in total. The predicted molar refractivity (Wildman–Crippen MR) is 82.3 cm³/mol. The SMILES string of the molecule is OCC1(NCc2c(O)ccc3ccccc23)CCOCC1. The fraction of sp³-hybridized carbons (Fsp3) is 0.412. The average Bonchev–Trinajstić information content (AvgIpc) is 2.55. The molecule has 1 fully saturated rings. The zero-order valence-corrected chi connectivity index (χ0v) is 12.0. The molecule has 1 aliphatic rings. The van der Waals surface area contributed by atoms with Crippen LogP contribution in [0.5, 0.6) is 5.75 Å². The molecule has 0 aromatic heterocycles. The topological polar surface area (TPSA) is 61.7 Å². The van der Waals surface area contributed by atoms with E-state index < -0.39 is 0 Å². The van der Waals surface area contributed by atoms with Crippen molar-refractivity contribution in [1.29, 1.82) is 0 Å². The number of ether oxygens (including phenoxy) is 1. The van der Waals surface area contributed by atoms with Crippen LogP contribution in [0.15, 0.2) is 36.4 Å². The Kier molecular flexibility index (Phi) is 4.10. The minimum atomic E-state index is -0.304. The van der Waals surface area contributed by atoms with Gasteiger partial charge in [0.2, 0.25) is 0 Å². The van der Waals surface area contributed by atoms with Gasteiger partial charge in [-0.1, -0.05) is 30.3 Å². The fourth-order valence-corrected chi connectivity index (χ4v) is 2.94. The number of aliphatic hydroxyl groups excluding tert-OH is 1. The number of phenolic OH excluding ortho intramolecular Hbond substituents is 1. The number of benzene rings is 2. The van der Waals surface area contributed by atoms with Crippen molar-refractivity contribution >= 4 is 10.8 Å². The van der Waals surface area contributed by atoms with Crippen molar-refractivity contribution in [2.45, 2.75) is 24.9 Å². The predicted octanol–water partition coefficient (Wildman–Crippen LogP) is 2.18. The smallest absolute Gasteiger partial charge is 0.120 e. The Bertz CT molecular complexity index is 620. The third-order valence-corrected chi connectivity index (χ3v) is 4.41. The maximum absolute atomic E-state index is 10.2. The molecule has 1 aliphatic heterocycles. The van der Waals surface area contributed by atoms with Gasteiger partial charge < -0.3 is 20.3 Å². The van der Waals surface area contributed by atoms with Crippen LogP contribution in [-0.2, 0) is 11.3 Å². The quantitative estimate of drug-likeness (QED) is 0.806. The maximum atomic E-state index is 10.2. The molecule has 2 aromatic rings. The van der Waals surface area contributed by atoms with E-state index in [4.69, 9.17) is 4.74 Å². The average molecular weight is 287 g/mol. The zero-order chi connectivity index (χ0) is 14.7. The molecule has 0 atom stereocenters. The summed E-state index contributed by atoms with van der Waals surface area (Å²) < 4.78 is 5.37. The Morgan fingerprint density at radius 1 is 1.10 bits per heavy atom. The first-order chi connectivity index (χ1) is 10.2. The van der Waals surface area contributed by atoms with Crippen LogP contribution in [0, 0.1) is 0 Å². The van der Waals surface area contributed by atoms with E-state index in [9.17, 15) is 10.2 Å². The highest BCUT2D eigenvalue weighted by atomic mass is 16.5. The first-order valence-electron chi connectivity index (χ1n) is 7.37. The van der Waals surface area contributed by atoms with Crippen molar-refractivity contribution < 1.29 is 14.9 Å². The lowest BCUT2D eigenvalue weighted by molar-refractivity contribution is 0.0111. The minimum absolute atomic E-state index is 0.0852. The molecule has 0 amide bonds. The number of aromatic hydroxyl groups is 1. The van der Waals surface area contributed by atoms with Crippen molar-refractivity contribution in [3.63, 3.8) is 0 Å². The zero-order valence-electron chi connectivity index (χ0n) is 12.0. The number of fused-ring (bicyclic) bond motifs is 1. The van der Waals surface area contributed by atoms with E-state index in [-0.39, 0.29) is 12.1 Å². The van der Waals surface area contributed by atoms with E-state index in [1.54, 1.807) is 6.07 Å². The molecule has 0 bridgehead atoms. The molecule has 21 heavy (non-hydrogen) atoms. The van der Waals surface area contributed by atoms with Crippen LogP contribution >= 0.6 is 0 Å². The van der Waals surface area contributed by atoms with E-state index in [1.165, 1.54) is 0 Å². The van der Waals surface area contributed by atoms with Crippen LogP contribution in [0.1, 0.15) is 18.4 Å². The van der Waals surface area contributed by atoms with Crippen molar-refractivity contribution in [3.8, 4) is 5.75 Å². The second-order valence-corrected chi connectivity index (χ2v) is 5.69. The molecule has 4 heteroatoms. The largest absolute Gasteiger partial charge is 0.508 e. The number of aliphatic hydroxyl groups is 1. The molecule has 0 spiro atoms. The Balaban J connectivity index is 1.86. The molecule has 3 rings (SSSR count). The van der Waals surface area contributed by atoms with Crippen LogP contribution in [0.3, 0.4) is 0 Å². The van der Waals surface area contributed by atoms with Gasteiger partial charge in [0, 0.05) is 30.9 Å². The summed E-state index contributed by atoms with van der Waals surface area (Å²) in [5, 5.41) is 25.5. The third-order valence-electron chi connectivity index (χ3n) is 4.41. The lowest BCUT2D eigenvalue weighted by atomic mass is 9.90. The van der Waals surface area contributed by atoms with Crippen molar-refractivity contribution in [3.05, 3.63) is 42.0 Å². The lowest BCUT2D eigenvalue weighted by Crippen LogP contribution is -2.51. The summed E-state index contributed by atoms with van der Waals surface area (Å²) in [7, 11) is 0. The van der Waals surface area contributed by atoms with Gasteiger partial charge in [0.15, 0.2) is 0 Å². The first-order valence-corrected chi connectivity index (χ1v) is 7.37. The standard InChI is InChI=1S/C17H21NO3/c19-12-17(7-9-21-10-8-17)18-11-15-14-4-2-1-3-13(14)5-6-16(15)20/h1-6,18-20H,7-12H2. The molecular weight excluding hydrogens is 266 g/mol. The van der Waals surface area contributed by atoms with E-state index in [0.717, 1.165) is 29.2 Å². The summed E-state index contributed by atoms with van der Waals surface area (Å²) in [6, 6.07) is 11.7. The molecule has 0 unspecified atom stereocenters. The third kappa shape index (κ3) is 2.88. The number of nitrogens with one attached hydrogen (secondary N) is 1. The van der Waals surface area contributed by atoms with E-state index >= 15 is 0 Å². The first kappa shape index (κ1) is 14.3. The number of hydrogen-bond acceptors (Lipinski definition) is 4. The van der Waals surface area contributed by atoms with Crippen molar-refractivity contribution in [1.82, 2.24) is 5.32 Å². The fourth-order valence-electron chi connectivity index (χ4n) is 2.94. The Hall–Kier alpha value is -1.62. The van der Waals surface area contributed by atoms with Crippen LogP contribution in [0.25, 0.3) is 10.8 Å². The summed E-state index contributed by atoms with van der Waals surface area (Å²) in [5.41, 5.74) is 0.578. The Morgan fingerprint density at radius 2 is 1.86 bits per heavy atom. The van der Waals surface area contributed by atoms with Gasteiger partial charge in [-0.2, -0.15) is 0 Å².